The number of esters is 2. The van der Waals surface area contributed by atoms with E-state index in [0.29, 0.717) is 13.0 Å². The zero-order valence-electron chi connectivity index (χ0n) is 10.8. The van der Waals surface area contributed by atoms with Crippen LogP contribution in [0.2, 0.25) is 0 Å². The summed E-state index contributed by atoms with van der Waals surface area (Å²) in [7, 11) is 0. The molecule has 0 atom stereocenters. The third kappa shape index (κ3) is 8.48. The molecule has 0 aliphatic heterocycles. The van der Waals surface area contributed by atoms with Gasteiger partial charge in [0.1, 0.15) is 6.61 Å². The molecule has 0 bridgehead atoms. The summed E-state index contributed by atoms with van der Waals surface area (Å²) in [6, 6.07) is 0. The lowest BCUT2D eigenvalue weighted by Gasteiger charge is -2.06. The SMILES string of the molecule is C=C(COC(=O)CCCCCC)C(=O)OCC. The fraction of sp³-hybridized carbons (Fsp3) is 0.692. The van der Waals surface area contributed by atoms with Gasteiger partial charge in [-0.2, -0.15) is 0 Å². The lowest BCUT2D eigenvalue weighted by molar-refractivity contribution is -0.144. The van der Waals surface area contributed by atoms with Gasteiger partial charge < -0.3 is 9.47 Å². The van der Waals surface area contributed by atoms with Crippen molar-refractivity contribution in [2.45, 2.75) is 46.0 Å². The van der Waals surface area contributed by atoms with Gasteiger partial charge in [-0.05, 0) is 13.3 Å². The summed E-state index contributed by atoms with van der Waals surface area (Å²) in [5.74, 6) is -0.794. The Bertz CT molecular complexity index is 258. The van der Waals surface area contributed by atoms with Crippen LogP contribution in [0.4, 0.5) is 0 Å². The first-order chi connectivity index (χ1) is 8.11. The van der Waals surface area contributed by atoms with Crippen LogP contribution in [0.25, 0.3) is 0 Å². The van der Waals surface area contributed by atoms with Gasteiger partial charge in [0, 0.05) is 6.42 Å². The first-order valence-corrected chi connectivity index (χ1v) is 6.12. The van der Waals surface area contributed by atoms with Crippen molar-refractivity contribution >= 4 is 11.9 Å². The summed E-state index contributed by atoms with van der Waals surface area (Å²) in [5, 5.41) is 0. The second-order valence-electron chi connectivity index (χ2n) is 3.80. The Kier molecular flexibility index (Phi) is 9.11. The molecule has 0 aliphatic carbocycles. The zero-order chi connectivity index (χ0) is 13.1. The van der Waals surface area contributed by atoms with Gasteiger partial charge in [-0.25, -0.2) is 4.79 Å². The molecule has 0 saturated heterocycles. The van der Waals surface area contributed by atoms with Crippen molar-refractivity contribution < 1.29 is 19.1 Å². The molecule has 4 heteroatoms. The third-order valence-corrected chi connectivity index (χ3v) is 2.21. The monoisotopic (exact) mass is 242 g/mol. The number of carbonyl (C=O) groups excluding carboxylic acids is 2. The average Bonchev–Trinajstić information content (AvgIpc) is 2.32. The van der Waals surface area contributed by atoms with Gasteiger partial charge in [0.05, 0.1) is 12.2 Å². The highest BCUT2D eigenvalue weighted by molar-refractivity contribution is 5.88. The summed E-state index contributed by atoms with van der Waals surface area (Å²) < 4.78 is 9.63. The first-order valence-electron chi connectivity index (χ1n) is 6.12. The van der Waals surface area contributed by atoms with Crippen molar-refractivity contribution in [3.63, 3.8) is 0 Å². The third-order valence-electron chi connectivity index (χ3n) is 2.21. The van der Waals surface area contributed by atoms with Crippen molar-refractivity contribution in [1.82, 2.24) is 0 Å². The number of hydrogen-bond donors (Lipinski definition) is 0. The van der Waals surface area contributed by atoms with E-state index in [1.54, 1.807) is 6.92 Å². The van der Waals surface area contributed by atoms with Gasteiger partial charge in [-0.3, -0.25) is 4.79 Å². The van der Waals surface area contributed by atoms with Crippen LogP contribution >= 0.6 is 0 Å². The molecule has 0 heterocycles. The van der Waals surface area contributed by atoms with Crippen LogP contribution in [0.15, 0.2) is 12.2 Å². The summed E-state index contributed by atoms with van der Waals surface area (Å²) in [5.41, 5.74) is 0.175. The standard InChI is InChI=1S/C13H22O4/c1-4-6-7-8-9-12(14)17-10-11(3)13(15)16-5-2/h3-10H2,1-2H3. The number of hydrogen-bond acceptors (Lipinski definition) is 4. The molecule has 0 aromatic heterocycles. The van der Waals surface area contributed by atoms with Crippen LogP contribution in [-0.4, -0.2) is 25.2 Å². The van der Waals surface area contributed by atoms with Crippen LogP contribution in [0.5, 0.6) is 0 Å². The van der Waals surface area contributed by atoms with Gasteiger partial charge in [-0.1, -0.05) is 32.8 Å². The molecular weight excluding hydrogens is 220 g/mol. The van der Waals surface area contributed by atoms with Gasteiger partial charge in [-0.15, -0.1) is 0 Å². The molecule has 0 spiro atoms. The summed E-state index contributed by atoms with van der Waals surface area (Å²) in [6.07, 6.45) is 4.52. The molecule has 98 valence electrons. The molecule has 0 amide bonds. The van der Waals surface area contributed by atoms with Gasteiger partial charge in [0.2, 0.25) is 0 Å². The second-order valence-corrected chi connectivity index (χ2v) is 3.80. The van der Waals surface area contributed by atoms with Crippen molar-refractivity contribution in [3.8, 4) is 0 Å². The van der Waals surface area contributed by atoms with E-state index >= 15 is 0 Å². The van der Waals surface area contributed by atoms with Crippen molar-refractivity contribution in [1.29, 1.82) is 0 Å². The predicted octanol–water partition coefficient (Wildman–Crippen LogP) is 2.62. The fourth-order valence-corrected chi connectivity index (χ4v) is 1.23. The van der Waals surface area contributed by atoms with E-state index in [1.165, 1.54) is 0 Å². The highest BCUT2D eigenvalue weighted by Crippen LogP contribution is 2.04. The molecule has 4 nitrogen and oxygen atoms in total. The molecule has 0 aromatic rings. The first kappa shape index (κ1) is 15.7. The zero-order valence-corrected chi connectivity index (χ0v) is 10.8. The second kappa shape index (κ2) is 9.87. The Hall–Kier alpha value is -1.32. The molecule has 0 aromatic carbocycles. The molecule has 0 rings (SSSR count). The van der Waals surface area contributed by atoms with Crippen LogP contribution in [-0.2, 0) is 19.1 Å². The highest BCUT2D eigenvalue weighted by Gasteiger charge is 2.10. The van der Waals surface area contributed by atoms with E-state index in [1.807, 2.05) is 0 Å². The van der Waals surface area contributed by atoms with E-state index in [-0.39, 0.29) is 18.1 Å². The van der Waals surface area contributed by atoms with Crippen LogP contribution in [0.3, 0.4) is 0 Å². The van der Waals surface area contributed by atoms with Crippen LogP contribution < -0.4 is 0 Å². The maximum absolute atomic E-state index is 11.3. The van der Waals surface area contributed by atoms with Crippen LogP contribution in [0.1, 0.15) is 46.0 Å². The Balaban J connectivity index is 3.62. The van der Waals surface area contributed by atoms with Crippen molar-refractivity contribution in [2.75, 3.05) is 13.2 Å². The predicted molar refractivity (Wildman–Crippen MR) is 65.5 cm³/mol. The molecule has 17 heavy (non-hydrogen) atoms. The average molecular weight is 242 g/mol. The number of carbonyl (C=O) groups is 2. The van der Waals surface area contributed by atoms with E-state index < -0.39 is 5.97 Å². The Morgan fingerprint density at radius 2 is 1.76 bits per heavy atom. The maximum Gasteiger partial charge on any atom is 0.336 e. The lowest BCUT2D eigenvalue weighted by atomic mass is 10.1. The quantitative estimate of drug-likeness (QED) is 0.354. The summed E-state index contributed by atoms with van der Waals surface area (Å²) in [4.78, 5) is 22.4. The highest BCUT2D eigenvalue weighted by atomic mass is 16.5. The van der Waals surface area contributed by atoms with Crippen molar-refractivity contribution in [3.05, 3.63) is 12.2 Å². The normalized spacial score (nSPS) is 9.76. The topological polar surface area (TPSA) is 52.6 Å². The Morgan fingerprint density at radius 3 is 2.35 bits per heavy atom. The fourth-order valence-electron chi connectivity index (χ4n) is 1.23. The molecule has 0 fully saturated rings. The maximum atomic E-state index is 11.3. The minimum atomic E-state index is -0.508. The van der Waals surface area contributed by atoms with Gasteiger partial charge in [0.15, 0.2) is 0 Å². The molecule has 0 unspecified atom stereocenters. The summed E-state index contributed by atoms with van der Waals surface area (Å²) in [6.45, 7) is 7.55. The van der Waals surface area contributed by atoms with Gasteiger partial charge >= 0.3 is 11.9 Å². The Labute approximate surface area is 103 Å². The minimum Gasteiger partial charge on any atom is -0.463 e. The number of ether oxygens (including phenoxy) is 2. The molecule has 0 aliphatic rings. The summed E-state index contributed by atoms with van der Waals surface area (Å²) >= 11 is 0. The molecule has 0 N–H and O–H groups in total. The largest absolute Gasteiger partial charge is 0.463 e. The number of unbranched alkanes of at least 4 members (excludes halogenated alkanes) is 3. The van der Waals surface area contributed by atoms with E-state index in [4.69, 9.17) is 9.47 Å². The van der Waals surface area contributed by atoms with E-state index in [9.17, 15) is 9.59 Å². The number of rotatable bonds is 9. The van der Waals surface area contributed by atoms with E-state index in [0.717, 1.165) is 25.7 Å². The smallest absolute Gasteiger partial charge is 0.336 e. The van der Waals surface area contributed by atoms with Crippen molar-refractivity contribution in [2.24, 2.45) is 0 Å². The van der Waals surface area contributed by atoms with E-state index in [2.05, 4.69) is 13.5 Å². The molecule has 0 saturated carbocycles. The Morgan fingerprint density at radius 1 is 1.06 bits per heavy atom. The van der Waals surface area contributed by atoms with Crippen LogP contribution in [0, 0.1) is 0 Å². The minimum absolute atomic E-state index is 0.0779. The molecule has 0 radical (unpaired) electrons. The van der Waals surface area contributed by atoms with Gasteiger partial charge in [0.25, 0.3) is 0 Å². The lowest BCUT2D eigenvalue weighted by Crippen LogP contribution is -2.14. The molecular formula is C13H22O4.